The van der Waals surface area contributed by atoms with Crippen molar-refractivity contribution in [3.05, 3.63) is 59.3 Å². The molecule has 0 bridgehead atoms. The Labute approximate surface area is 157 Å². The van der Waals surface area contributed by atoms with Gasteiger partial charge in [-0.05, 0) is 37.1 Å². The number of fused-ring (bicyclic) bond motifs is 1. The first-order valence-electron chi connectivity index (χ1n) is 8.66. The fourth-order valence-electron chi connectivity index (χ4n) is 3.12. The predicted octanol–water partition coefficient (Wildman–Crippen LogP) is 3.04. The highest BCUT2D eigenvalue weighted by Crippen LogP contribution is 2.27. The average Bonchev–Trinajstić information content (AvgIpc) is 3.02. The first kappa shape index (κ1) is 18.5. The minimum atomic E-state index is -0.608. The number of aryl methyl sites for hydroxylation is 1. The lowest BCUT2D eigenvalue weighted by Crippen LogP contribution is -2.32. The Balaban J connectivity index is 1.65. The van der Waals surface area contributed by atoms with E-state index in [2.05, 4.69) is 10.3 Å². The highest BCUT2D eigenvalue weighted by Gasteiger charge is 2.22. The fraction of sp³-hybridized carbons (Fsp3) is 0.238. The number of nitrogens with one attached hydrogen (secondary N) is 2. The van der Waals surface area contributed by atoms with Crippen LogP contribution in [0.5, 0.6) is 11.5 Å². The van der Waals surface area contributed by atoms with Gasteiger partial charge in [-0.2, -0.15) is 0 Å². The van der Waals surface area contributed by atoms with E-state index in [1.54, 1.807) is 21.1 Å². The topological polar surface area (TPSA) is 80.4 Å². The number of rotatable bonds is 7. The molecule has 140 valence electrons. The van der Waals surface area contributed by atoms with Crippen molar-refractivity contribution in [2.75, 3.05) is 20.8 Å². The number of carbonyl (C=O) groups excluding carboxylic acids is 2. The lowest BCUT2D eigenvalue weighted by atomic mass is 10.1. The molecule has 0 aliphatic rings. The van der Waals surface area contributed by atoms with Gasteiger partial charge in [0.05, 0.1) is 19.8 Å². The summed E-state index contributed by atoms with van der Waals surface area (Å²) in [5, 5.41) is 3.46. The van der Waals surface area contributed by atoms with Crippen molar-refractivity contribution in [2.24, 2.45) is 0 Å². The van der Waals surface area contributed by atoms with Crippen molar-refractivity contribution in [1.29, 1.82) is 0 Å². The van der Waals surface area contributed by atoms with Gasteiger partial charge in [0.2, 0.25) is 0 Å². The SMILES string of the molecule is COc1ccc(CCNC(=O)C(=O)c2c(C)[nH]c3ccccc23)cc1OC. The number of Topliss-reactive ketones (excluding diaryl/α,β-unsaturated/α-hetero) is 1. The third-order valence-corrected chi connectivity index (χ3v) is 4.47. The summed E-state index contributed by atoms with van der Waals surface area (Å²) in [5.41, 5.74) is 2.94. The van der Waals surface area contributed by atoms with E-state index in [9.17, 15) is 9.59 Å². The lowest BCUT2D eigenvalue weighted by Gasteiger charge is -2.10. The van der Waals surface area contributed by atoms with Crippen LogP contribution in [0.4, 0.5) is 0 Å². The van der Waals surface area contributed by atoms with Gasteiger partial charge in [0.15, 0.2) is 11.5 Å². The van der Waals surface area contributed by atoms with Crippen molar-refractivity contribution in [3.8, 4) is 11.5 Å². The van der Waals surface area contributed by atoms with Crippen molar-refractivity contribution in [3.63, 3.8) is 0 Å². The molecule has 1 aromatic heterocycles. The highest BCUT2D eigenvalue weighted by atomic mass is 16.5. The second kappa shape index (κ2) is 7.95. The van der Waals surface area contributed by atoms with Gasteiger partial charge in [0.1, 0.15) is 0 Å². The Bertz CT molecular complexity index is 991. The third-order valence-electron chi connectivity index (χ3n) is 4.47. The molecule has 0 aliphatic carbocycles. The van der Waals surface area contributed by atoms with Crippen LogP contribution in [0.25, 0.3) is 10.9 Å². The standard InChI is InChI=1S/C21H22N2O4/c1-13-19(15-6-4-5-7-16(15)23-13)20(24)21(25)22-11-10-14-8-9-17(26-2)18(12-14)27-3/h4-9,12,23H,10-11H2,1-3H3,(H,22,25). The molecule has 6 heteroatoms. The van der Waals surface area contributed by atoms with Gasteiger partial charge in [0, 0.05) is 23.1 Å². The largest absolute Gasteiger partial charge is 0.493 e. The normalized spacial score (nSPS) is 10.6. The summed E-state index contributed by atoms with van der Waals surface area (Å²) in [6.45, 7) is 2.14. The minimum absolute atomic E-state index is 0.349. The second-order valence-electron chi connectivity index (χ2n) is 6.19. The molecular formula is C21H22N2O4. The Kier molecular flexibility index (Phi) is 5.45. The molecule has 0 fully saturated rings. The zero-order valence-electron chi connectivity index (χ0n) is 15.6. The van der Waals surface area contributed by atoms with E-state index in [0.29, 0.717) is 35.7 Å². The van der Waals surface area contributed by atoms with E-state index in [0.717, 1.165) is 16.5 Å². The number of benzene rings is 2. The van der Waals surface area contributed by atoms with Crippen LogP contribution in [0.2, 0.25) is 0 Å². The number of carbonyl (C=O) groups is 2. The van der Waals surface area contributed by atoms with E-state index in [1.807, 2.05) is 42.5 Å². The van der Waals surface area contributed by atoms with Crippen LogP contribution in [0.3, 0.4) is 0 Å². The zero-order valence-corrected chi connectivity index (χ0v) is 15.6. The van der Waals surface area contributed by atoms with Gasteiger partial charge in [-0.1, -0.05) is 24.3 Å². The quantitative estimate of drug-likeness (QED) is 0.497. The van der Waals surface area contributed by atoms with Crippen LogP contribution in [0.15, 0.2) is 42.5 Å². The summed E-state index contributed by atoms with van der Waals surface area (Å²) in [6, 6.07) is 13.0. The molecule has 0 unspecified atom stereocenters. The van der Waals surface area contributed by atoms with Crippen molar-refractivity contribution in [1.82, 2.24) is 10.3 Å². The van der Waals surface area contributed by atoms with Gasteiger partial charge < -0.3 is 19.8 Å². The van der Waals surface area contributed by atoms with Crippen LogP contribution in [-0.4, -0.2) is 37.4 Å². The molecule has 2 aromatic carbocycles. The smallest absolute Gasteiger partial charge is 0.292 e. The molecular weight excluding hydrogens is 344 g/mol. The number of ketones is 1. The van der Waals surface area contributed by atoms with E-state index >= 15 is 0 Å². The molecule has 1 amide bonds. The summed E-state index contributed by atoms with van der Waals surface area (Å²) < 4.78 is 10.5. The van der Waals surface area contributed by atoms with E-state index < -0.39 is 11.7 Å². The van der Waals surface area contributed by atoms with Crippen LogP contribution in [0, 0.1) is 6.92 Å². The monoisotopic (exact) mass is 366 g/mol. The molecule has 0 atom stereocenters. The zero-order chi connectivity index (χ0) is 19.4. The summed E-state index contributed by atoms with van der Waals surface area (Å²) in [6.07, 6.45) is 0.576. The van der Waals surface area contributed by atoms with Crippen LogP contribution in [0.1, 0.15) is 21.6 Å². The maximum absolute atomic E-state index is 12.6. The minimum Gasteiger partial charge on any atom is -0.493 e. The second-order valence-corrected chi connectivity index (χ2v) is 6.19. The molecule has 3 aromatic rings. The van der Waals surface area contributed by atoms with Gasteiger partial charge in [0.25, 0.3) is 11.7 Å². The molecule has 0 radical (unpaired) electrons. The van der Waals surface area contributed by atoms with Gasteiger partial charge >= 0.3 is 0 Å². The molecule has 1 heterocycles. The molecule has 0 spiro atoms. The lowest BCUT2D eigenvalue weighted by molar-refractivity contribution is -0.116. The molecule has 0 saturated carbocycles. The first-order valence-corrected chi connectivity index (χ1v) is 8.66. The van der Waals surface area contributed by atoms with Crippen molar-refractivity contribution >= 4 is 22.6 Å². The highest BCUT2D eigenvalue weighted by molar-refractivity contribution is 6.45. The van der Waals surface area contributed by atoms with Gasteiger partial charge in [-0.25, -0.2) is 0 Å². The van der Waals surface area contributed by atoms with E-state index in [4.69, 9.17) is 9.47 Å². The molecule has 0 saturated heterocycles. The van der Waals surface area contributed by atoms with Crippen LogP contribution >= 0.6 is 0 Å². The summed E-state index contributed by atoms with van der Waals surface area (Å²) in [7, 11) is 3.15. The van der Waals surface area contributed by atoms with Crippen molar-refractivity contribution in [2.45, 2.75) is 13.3 Å². The van der Waals surface area contributed by atoms with Crippen LogP contribution < -0.4 is 14.8 Å². The number of para-hydroxylation sites is 1. The molecule has 2 N–H and O–H groups in total. The summed E-state index contributed by atoms with van der Waals surface area (Å²) in [5.74, 6) is 0.141. The maximum atomic E-state index is 12.6. The Morgan fingerprint density at radius 3 is 2.52 bits per heavy atom. The Morgan fingerprint density at radius 2 is 1.78 bits per heavy atom. The third kappa shape index (κ3) is 3.79. The summed E-state index contributed by atoms with van der Waals surface area (Å²) in [4.78, 5) is 28.1. The Morgan fingerprint density at radius 1 is 1.04 bits per heavy atom. The Hall–Kier alpha value is -3.28. The molecule has 27 heavy (non-hydrogen) atoms. The number of hydrogen-bond donors (Lipinski definition) is 2. The van der Waals surface area contributed by atoms with Crippen LogP contribution in [-0.2, 0) is 11.2 Å². The number of amides is 1. The number of H-pyrrole nitrogens is 1. The van der Waals surface area contributed by atoms with Gasteiger partial charge in [-0.3, -0.25) is 9.59 Å². The molecule has 0 aliphatic heterocycles. The fourth-order valence-corrected chi connectivity index (χ4v) is 3.12. The van der Waals surface area contributed by atoms with Crippen molar-refractivity contribution < 1.29 is 19.1 Å². The van der Waals surface area contributed by atoms with Gasteiger partial charge in [-0.15, -0.1) is 0 Å². The van der Waals surface area contributed by atoms with E-state index in [-0.39, 0.29) is 0 Å². The first-order chi connectivity index (χ1) is 13.0. The predicted molar refractivity (Wildman–Crippen MR) is 104 cm³/mol. The molecule has 6 nitrogen and oxygen atoms in total. The van der Waals surface area contributed by atoms with E-state index in [1.165, 1.54) is 0 Å². The molecule has 3 rings (SSSR count). The summed E-state index contributed by atoms with van der Waals surface area (Å²) >= 11 is 0. The number of aromatic nitrogens is 1. The average molecular weight is 366 g/mol. The number of hydrogen-bond acceptors (Lipinski definition) is 4. The number of aromatic amines is 1. The number of methoxy groups -OCH3 is 2. The number of ether oxygens (including phenoxy) is 2. The maximum Gasteiger partial charge on any atom is 0.292 e.